The Morgan fingerprint density at radius 1 is 1.59 bits per heavy atom. The van der Waals surface area contributed by atoms with Crippen molar-refractivity contribution in [2.75, 3.05) is 20.3 Å². The lowest BCUT2D eigenvalue weighted by molar-refractivity contribution is 0.0963. The summed E-state index contributed by atoms with van der Waals surface area (Å²) >= 11 is 0. The van der Waals surface area contributed by atoms with Gasteiger partial charge in [0.2, 0.25) is 0 Å². The summed E-state index contributed by atoms with van der Waals surface area (Å²) in [7, 11) is 1.67. The zero-order valence-electron chi connectivity index (χ0n) is 10.9. The van der Waals surface area contributed by atoms with Crippen LogP contribution in [0.2, 0.25) is 0 Å². The predicted octanol–water partition coefficient (Wildman–Crippen LogP) is 0.780. The van der Waals surface area contributed by atoms with Crippen molar-refractivity contribution in [1.29, 1.82) is 0 Å². The average Bonchev–Trinajstić information content (AvgIpc) is 2.74. The second kappa shape index (κ2) is 6.74. The van der Waals surface area contributed by atoms with Gasteiger partial charge in [0.25, 0.3) is 0 Å². The van der Waals surface area contributed by atoms with Gasteiger partial charge in [-0.3, -0.25) is 0 Å². The van der Waals surface area contributed by atoms with E-state index in [1.807, 2.05) is 13.1 Å². The summed E-state index contributed by atoms with van der Waals surface area (Å²) in [5.74, 6) is 1.01. The number of methoxy groups -OCH3 is 1. The second-order valence-electron chi connectivity index (χ2n) is 4.45. The van der Waals surface area contributed by atoms with Crippen LogP contribution >= 0.6 is 0 Å². The maximum absolute atomic E-state index is 9.07. The molecule has 0 bridgehead atoms. The standard InChI is InChI=1S/C12H23N3O2/c1-4-15-7-6-13-11(15)9-14-12(2,5-8-16)10-17-3/h6-7,14,16H,4-5,8-10H2,1-3H3. The van der Waals surface area contributed by atoms with Gasteiger partial charge in [0.05, 0.1) is 13.2 Å². The highest BCUT2D eigenvalue weighted by Gasteiger charge is 2.23. The molecule has 0 aliphatic carbocycles. The lowest BCUT2D eigenvalue weighted by Crippen LogP contribution is -2.46. The molecule has 0 aliphatic rings. The fourth-order valence-corrected chi connectivity index (χ4v) is 1.86. The Hall–Kier alpha value is -0.910. The van der Waals surface area contributed by atoms with Gasteiger partial charge in [-0.15, -0.1) is 0 Å². The van der Waals surface area contributed by atoms with E-state index < -0.39 is 0 Å². The van der Waals surface area contributed by atoms with Crippen molar-refractivity contribution >= 4 is 0 Å². The Morgan fingerprint density at radius 2 is 2.35 bits per heavy atom. The van der Waals surface area contributed by atoms with Crippen LogP contribution in [0.15, 0.2) is 12.4 Å². The number of nitrogens with zero attached hydrogens (tertiary/aromatic N) is 2. The van der Waals surface area contributed by atoms with E-state index in [2.05, 4.69) is 21.8 Å². The number of ether oxygens (including phenoxy) is 1. The number of nitrogens with one attached hydrogen (secondary N) is 1. The average molecular weight is 241 g/mol. The highest BCUT2D eigenvalue weighted by atomic mass is 16.5. The third-order valence-corrected chi connectivity index (χ3v) is 2.94. The monoisotopic (exact) mass is 241 g/mol. The number of rotatable bonds is 8. The van der Waals surface area contributed by atoms with Gasteiger partial charge in [0, 0.05) is 38.2 Å². The van der Waals surface area contributed by atoms with E-state index in [-0.39, 0.29) is 12.1 Å². The molecule has 0 fully saturated rings. The highest BCUT2D eigenvalue weighted by Crippen LogP contribution is 2.11. The zero-order chi connectivity index (χ0) is 12.7. The molecule has 0 saturated carbocycles. The number of aliphatic hydroxyl groups is 1. The number of hydrogen-bond acceptors (Lipinski definition) is 4. The van der Waals surface area contributed by atoms with E-state index in [0.29, 0.717) is 19.6 Å². The minimum absolute atomic E-state index is 0.148. The Kier molecular flexibility index (Phi) is 5.61. The van der Waals surface area contributed by atoms with Crippen molar-refractivity contribution in [3.8, 4) is 0 Å². The minimum Gasteiger partial charge on any atom is -0.396 e. The fraction of sp³-hybridized carbons (Fsp3) is 0.750. The number of aromatic nitrogens is 2. The van der Waals surface area contributed by atoms with Crippen molar-refractivity contribution in [2.24, 2.45) is 0 Å². The summed E-state index contributed by atoms with van der Waals surface area (Å²) in [5.41, 5.74) is -0.214. The molecule has 5 nitrogen and oxygen atoms in total. The van der Waals surface area contributed by atoms with Crippen LogP contribution in [0.25, 0.3) is 0 Å². The Morgan fingerprint density at radius 3 is 2.94 bits per heavy atom. The van der Waals surface area contributed by atoms with E-state index in [9.17, 15) is 0 Å². The Bertz CT molecular complexity index is 319. The Balaban J connectivity index is 2.57. The SMILES string of the molecule is CCn1ccnc1CNC(C)(CCO)COC. The first kappa shape index (κ1) is 14.2. The summed E-state index contributed by atoms with van der Waals surface area (Å²) in [5, 5.41) is 12.5. The minimum atomic E-state index is -0.214. The van der Waals surface area contributed by atoms with E-state index >= 15 is 0 Å². The summed E-state index contributed by atoms with van der Waals surface area (Å²) in [6.45, 7) is 6.45. The number of hydrogen-bond donors (Lipinski definition) is 2. The molecule has 1 heterocycles. The van der Waals surface area contributed by atoms with Crippen LogP contribution < -0.4 is 5.32 Å². The quantitative estimate of drug-likeness (QED) is 0.706. The molecule has 5 heteroatoms. The van der Waals surface area contributed by atoms with Crippen LogP contribution in [0, 0.1) is 0 Å². The fourth-order valence-electron chi connectivity index (χ4n) is 1.86. The number of aliphatic hydroxyl groups excluding tert-OH is 1. The van der Waals surface area contributed by atoms with Crippen LogP contribution in [-0.2, 0) is 17.8 Å². The summed E-state index contributed by atoms with van der Waals surface area (Å²) < 4.78 is 7.28. The van der Waals surface area contributed by atoms with Crippen LogP contribution in [0.3, 0.4) is 0 Å². The first-order valence-corrected chi connectivity index (χ1v) is 6.00. The van der Waals surface area contributed by atoms with Gasteiger partial charge in [-0.05, 0) is 20.3 Å². The molecule has 1 atom stereocenters. The lowest BCUT2D eigenvalue weighted by atomic mass is 9.99. The molecule has 1 rings (SSSR count). The number of aryl methyl sites for hydroxylation is 1. The van der Waals surface area contributed by atoms with Crippen molar-refractivity contribution in [2.45, 2.75) is 38.9 Å². The molecule has 0 aromatic carbocycles. The van der Waals surface area contributed by atoms with Crippen LogP contribution in [-0.4, -0.2) is 40.5 Å². The van der Waals surface area contributed by atoms with Crippen LogP contribution in [0.4, 0.5) is 0 Å². The van der Waals surface area contributed by atoms with Gasteiger partial charge in [-0.25, -0.2) is 4.98 Å². The van der Waals surface area contributed by atoms with Crippen LogP contribution in [0.5, 0.6) is 0 Å². The third-order valence-electron chi connectivity index (χ3n) is 2.94. The molecule has 0 spiro atoms. The van der Waals surface area contributed by atoms with E-state index in [1.54, 1.807) is 13.3 Å². The first-order chi connectivity index (χ1) is 8.15. The largest absolute Gasteiger partial charge is 0.396 e. The molecule has 0 saturated heterocycles. The van der Waals surface area contributed by atoms with Gasteiger partial charge >= 0.3 is 0 Å². The van der Waals surface area contributed by atoms with E-state index in [4.69, 9.17) is 9.84 Å². The molecule has 17 heavy (non-hydrogen) atoms. The van der Waals surface area contributed by atoms with Crippen molar-refractivity contribution < 1.29 is 9.84 Å². The lowest BCUT2D eigenvalue weighted by Gasteiger charge is -2.29. The van der Waals surface area contributed by atoms with Gasteiger partial charge < -0.3 is 19.7 Å². The molecule has 2 N–H and O–H groups in total. The van der Waals surface area contributed by atoms with Gasteiger partial charge in [-0.1, -0.05) is 0 Å². The molecule has 0 aliphatic heterocycles. The van der Waals surface area contributed by atoms with Crippen molar-refractivity contribution in [1.82, 2.24) is 14.9 Å². The highest BCUT2D eigenvalue weighted by molar-refractivity contribution is 4.94. The zero-order valence-corrected chi connectivity index (χ0v) is 10.9. The van der Waals surface area contributed by atoms with E-state index in [1.165, 1.54) is 0 Å². The predicted molar refractivity (Wildman–Crippen MR) is 66.7 cm³/mol. The summed E-state index contributed by atoms with van der Waals surface area (Å²) in [6.07, 6.45) is 4.44. The summed E-state index contributed by atoms with van der Waals surface area (Å²) in [4.78, 5) is 4.31. The van der Waals surface area contributed by atoms with Gasteiger partial charge in [0.15, 0.2) is 0 Å². The summed E-state index contributed by atoms with van der Waals surface area (Å²) in [6, 6.07) is 0. The normalized spacial score (nSPS) is 14.8. The molecule has 0 amide bonds. The first-order valence-electron chi connectivity index (χ1n) is 6.00. The van der Waals surface area contributed by atoms with Crippen LogP contribution in [0.1, 0.15) is 26.1 Å². The van der Waals surface area contributed by atoms with Crippen molar-refractivity contribution in [3.63, 3.8) is 0 Å². The molecule has 98 valence electrons. The molecular weight excluding hydrogens is 218 g/mol. The third kappa shape index (κ3) is 4.11. The number of imidazole rings is 1. The Labute approximate surface area is 103 Å². The molecule has 1 aromatic rings. The van der Waals surface area contributed by atoms with Gasteiger partial charge in [0.1, 0.15) is 5.82 Å². The molecule has 1 aromatic heterocycles. The molecule has 0 radical (unpaired) electrons. The smallest absolute Gasteiger partial charge is 0.122 e. The van der Waals surface area contributed by atoms with Gasteiger partial charge in [-0.2, -0.15) is 0 Å². The molecular formula is C12H23N3O2. The molecule has 1 unspecified atom stereocenters. The van der Waals surface area contributed by atoms with Crippen molar-refractivity contribution in [3.05, 3.63) is 18.2 Å². The topological polar surface area (TPSA) is 59.3 Å². The maximum Gasteiger partial charge on any atom is 0.122 e. The van der Waals surface area contributed by atoms with E-state index in [0.717, 1.165) is 12.4 Å². The second-order valence-corrected chi connectivity index (χ2v) is 4.45. The maximum atomic E-state index is 9.07.